The number of rotatable bonds is 4. The van der Waals surface area contributed by atoms with Crippen molar-refractivity contribution in [3.8, 4) is 0 Å². The lowest BCUT2D eigenvalue weighted by atomic mass is 10.2. The van der Waals surface area contributed by atoms with Gasteiger partial charge >= 0.3 is 0 Å². The molecule has 116 valence electrons. The molecule has 5 nitrogen and oxygen atoms in total. The maximum atomic E-state index is 11.9. The smallest absolute Gasteiger partial charge is 0.234 e. The second kappa shape index (κ2) is 7.19. The van der Waals surface area contributed by atoms with E-state index in [2.05, 4.69) is 10.3 Å². The van der Waals surface area contributed by atoms with Gasteiger partial charge in [0.25, 0.3) is 0 Å². The zero-order valence-electron chi connectivity index (χ0n) is 12.1. The van der Waals surface area contributed by atoms with Crippen LogP contribution < -0.4 is 10.2 Å². The van der Waals surface area contributed by atoms with Crippen LogP contribution in [0.4, 0.5) is 11.4 Å². The van der Waals surface area contributed by atoms with Crippen LogP contribution in [0.15, 0.2) is 29.3 Å². The molecule has 0 radical (unpaired) electrons. The standard InChI is InChI=1S/C15H17N3O2S2/c19-13(10-22-15-16-7-9-21-15)17-11-3-5-12(6-4-11)18-8-1-2-14(18)20/h3-6H,1-2,7-10H2,(H,17,19). The van der Waals surface area contributed by atoms with E-state index in [1.807, 2.05) is 24.3 Å². The number of anilines is 2. The molecule has 1 aromatic carbocycles. The van der Waals surface area contributed by atoms with Crippen molar-refractivity contribution in [2.75, 3.05) is 34.8 Å². The quantitative estimate of drug-likeness (QED) is 0.919. The molecule has 2 heterocycles. The molecule has 0 unspecified atom stereocenters. The first kappa shape index (κ1) is 15.4. The molecule has 0 aromatic heterocycles. The summed E-state index contributed by atoms with van der Waals surface area (Å²) in [6, 6.07) is 7.43. The van der Waals surface area contributed by atoms with Crippen molar-refractivity contribution in [2.45, 2.75) is 12.8 Å². The van der Waals surface area contributed by atoms with E-state index in [1.165, 1.54) is 11.8 Å². The van der Waals surface area contributed by atoms with E-state index in [4.69, 9.17) is 0 Å². The highest BCUT2D eigenvalue weighted by Crippen LogP contribution is 2.24. The number of hydrogen-bond acceptors (Lipinski definition) is 5. The van der Waals surface area contributed by atoms with E-state index in [1.54, 1.807) is 16.7 Å². The van der Waals surface area contributed by atoms with Gasteiger partial charge in [-0.15, -0.1) is 0 Å². The SMILES string of the molecule is O=C(CSC1=NCCS1)Nc1ccc(N2CCCC2=O)cc1. The summed E-state index contributed by atoms with van der Waals surface area (Å²) in [6.45, 7) is 1.63. The minimum absolute atomic E-state index is 0.0369. The second-order valence-electron chi connectivity index (χ2n) is 5.03. The van der Waals surface area contributed by atoms with Gasteiger partial charge in [0.1, 0.15) is 4.38 Å². The Kier molecular flexibility index (Phi) is 5.04. The molecule has 0 aliphatic carbocycles. The van der Waals surface area contributed by atoms with Crippen molar-refractivity contribution in [3.05, 3.63) is 24.3 Å². The molecule has 1 fully saturated rings. The number of aliphatic imine (C=N–C) groups is 1. The number of benzene rings is 1. The Labute approximate surface area is 137 Å². The van der Waals surface area contributed by atoms with Gasteiger partial charge in [-0.25, -0.2) is 0 Å². The van der Waals surface area contributed by atoms with Crippen molar-refractivity contribution in [1.29, 1.82) is 0 Å². The van der Waals surface area contributed by atoms with Crippen LogP contribution in [0.1, 0.15) is 12.8 Å². The average molecular weight is 335 g/mol. The largest absolute Gasteiger partial charge is 0.325 e. The highest BCUT2D eigenvalue weighted by Gasteiger charge is 2.21. The summed E-state index contributed by atoms with van der Waals surface area (Å²) >= 11 is 3.19. The molecular weight excluding hydrogens is 318 g/mol. The first-order chi connectivity index (χ1) is 10.7. The number of amides is 2. The number of nitrogens with one attached hydrogen (secondary N) is 1. The Bertz CT molecular complexity index is 601. The lowest BCUT2D eigenvalue weighted by Crippen LogP contribution is -2.23. The predicted octanol–water partition coefficient (Wildman–Crippen LogP) is 2.59. The Balaban J connectivity index is 1.52. The monoisotopic (exact) mass is 335 g/mol. The van der Waals surface area contributed by atoms with Crippen LogP contribution in [0.3, 0.4) is 0 Å². The molecule has 22 heavy (non-hydrogen) atoms. The molecule has 2 aliphatic rings. The van der Waals surface area contributed by atoms with Crippen LogP contribution >= 0.6 is 23.5 Å². The molecule has 7 heteroatoms. The number of nitrogens with zero attached hydrogens (tertiary/aromatic N) is 2. The Morgan fingerprint density at radius 1 is 1.36 bits per heavy atom. The van der Waals surface area contributed by atoms with Crippen molar-refractivity contribution in [3.63, 3.8) is 0 Å². The van der Waals surface area contributed by atoms with Gasteiger partial charge in [0.05, 0.1) is 12.3 Å². The highest BCUT2D eigenvalue weighted by atomic mass is 32.2. The zero-order valence-corrected chi connectivity index (χ0v) is 13.7. The van der Waals surface area contributed by atoms with Crippen molar-refractivity contribution in [2.24, 2.45) is 4.99 Å². The topological polar surface area (TPSA) is 61.8 Å². The molecule has 1 saturated heterocycles. The fourth-order valence-electron chi connectivity index (χ4n) is 2.37. The predicted molar refractivity (Wildman–Crippen MR) is 93.9 cm³/mol. The van der Waals surface area contributed by atoms with Gasteiger partial charge in [-0.3, -0.25) is 14.6 Å². The maximum absolute atomic E-state index is 11.9. The van der Waals surface area contributed by atoms with Crippen LogP contribution in [0.2, 0.25) is 0 Å². The van der Waals surface area contributed by atoms with E-state index in [9.17, 15) is 9.59 Å². The maximum Gasteiger partial charge on any atom is 0.234 e. The average Bonchev–Trinajstić information content (AvgIpc) is 3.17. The Morgan fingerprint density at radius 3 is 2.82 bits per heavy atom. The molecule has 0 atom stereocenters. The van der Waals surface area contributed by atoms with E-state index >= 15 is 0 Å². The van der Waals surface area contributed by atoms with Crippen molar-refractivity contribution in [1.82, 2.24) is 0 Å². The molecule has 1 N–H and O–H groups in total. The van der Waals surface area contributed by atoms with E-state index in [-0.39, 0.29) is 11.8 Å². The minimum atomic E-state index is -0.0369. The normalized spacial score (nSPS) is 17.7. The van der Waals surface area contributed by atoms with Gasteiger partial charge in [0.15, 0.2) is 0 Å². The lowest BCUT2D eigenvalue weighted by molar-refractivity contribution is -0.117. The second-order valence-corrected chi connectivity index (χ2v) is 7.33. The molecule has 3 rings (SSSR count). The zero-order chi connectivity index (χ0) is 15.4. The minimum Gasteiger partial charge on any atom is -0.325 e. The molecule has 2 amide bonds. The summed E-state index contributed by atoms with van der Waals surface area (Å²) < 4.78 is 0.998. The van der Waals surface area contributed by atoms with Gasteiger partial charge in [-0.1, -0.05) is 23.5 Å². The number of thioether (sulfide) groups is 2. The van der Waals surface area contributed by atoms with Crippen LogP contribution in [-0.2, 0) is 9.59 Å². The fraction of sp³-hybridized carbons (Fsp3) is 0.400. The summed E-state index contributed by atoms with van der Waals surface area (Å²) in [6.07, 6.45) is 1.54. The summed E-state index contributed by atoms with van der Waals surface area (Å²) in [4.78, 5) is 29.7. The Morgan fingerprint density at radius 2 is 2.18 bits per heavy atom. The summed E-state index contributed by atoms with van der Waals surface area (Å²) in [7, 11) is 0. The van der Waals surface area contributed by atoms with Gasteiger partial charge in [0, 0.05) is 30.1 Å². The van der Waals surface area contributed by atoms with Crippen molar-refractivity contribution >= 4 is 51.1 Å². The van der Waals surface area contributed by atoms with Gasteiger partial charge < -0.3 is 10.2 Å². The summed E-state index contributed by atoms with van der Waals surface area (Å²) in [5.74, 6) is 1.52. The van der Waals surface area contributed by atoms with Crippen LogP contribution in [0.5, 0.6) is 0 Å². The van der Waals surface area contributed by atoms with E-state index in [0.29, 0.717) is 12.2 Å². The summed E-state index contributed by atoms with van der Waals surface area (Å²) in [5, 5.41) is 2.87. The molecule has 0 spiro atoms. The molecular formula is C15H17N3O2S2. The van der Waals surface area contributed by atoms with Crippen LogP contribution in [0, 0.1) is 0 Å². The van der Waals surface area contributed by atoms with Gasteiger partial charge in [0.2, 0.25) is 11.8 Å². The number of carbonyl (C=O) groups is 2. The molecule has 0 saturated carbocycles. The fourth-order valence-corrected chi connectivity index (χ4v) is 4.18. The van der Waals surface area contributed by atoms with Crippen molar-refractivity contribution < 1.29 is 9.59 Å². The molecule has 2 aliphatic heterocycles. The Hall–Kier alpha value is -1.47. The van der Waals surface area contributed by atoms with Gasteiger partial charge in [-0.2, -0.15) is 0 Å². The first-order valence-corrected chi connectivity index (χ1v) is 9.20. The number of carbonyl (C=O) groups excluding carboxylic acids is 2. The van der Waals surface area contributed by atoms with E-state index < -0.39 is 0 Å². The lowest BCUT2D eigenvalue weighted by Gasteiger charge is -2.16. The third-order valence-corrected chi connectivity index (χ3v) is 5.67. The van der Waals surface area contributed by atoms with Gasteiger partial charge in [-0.05, 0) is 30.7 Å². The molecule has 0 bridgehead atoms. The highest BCUT2D eigenvalue weighted by molar-refractivity contribution is 8.39. The summed E-state index contributed by atoms with van der Waals surface area (Å²) in [5.41, 5.74) is 1.65. The van der Waals surface area contributed by atoms with Crippen LogP contribution in [-0.4, -0.2) is 40.8 Å². The first-order valence-electron chi connectivity index (χ1n) is 7.23. The molecule has 1 aromatic rings. The van der Waals surface area contributed by atoms with E-state index in [0.717, 1.165) is 41.0 Å². The van der Waals surface area contributed by atoms with Crippen LogP contribution in [0.25, 0.3) is 0 Å². The number of hydrogen-bond donors (Lipinski definition) is 1. The third kappa shape index (κ3) is 3.84. The third-order valence-electron chi connectivity index (χ3n) is 3.42.